The van der Waals surface area contributed by atoms with Crippen LogP contribution >= 0.6 is 0 Å². The molecule has 0 aliphatic heterocycles. The third-order valence-electron chi connectivity index (χ3n) is 4.62. The van der Waals surface area contributed by atoms with Crippen molar-refractivity contribution in [3.63, 3.8) is 0 Å². The standard InChI is InChI=1S/C19H26N4O4S/c1-12(2)27-19(24)21-15-5-4-13(10-15)17-11-18(23-22-17)20-14-6-8-16(9-7-14)28(3,25)26/h6-9,11-13,15H,4-5,10H2,1-3H3,(H,21,24)(H2,20,22,23)/i3D. The number of ether oxygens (including phenoxy) is 1. The van der Waals surface area contributed by atoms with Crippen molar-refractivity contribution in [2.24, 2.45) is 0 Å². The van der Waals surface area contributed by atoms with Crippen LogP contribution in [-0.2, 0) is 14.6 Å². The summed E-state index contributed by atoms with van der Waals surface area (Å²) in [5, 5.41) is 13.4. The summed E-state index contributed by atoms with van der Waals surface area (Å²) in [6, 6.07) is 8.25. The van der Waals surface area contributed by atoms with Crippen molar-refractivity contribution in [2.45, 2.75) is 56.1 Å². The zero-order valence-electron chi connectivity index (χ0n) is 16.9. The molecule has 1 amide bonds. The fraction of sp³-hybridized carbons (Fsp3) is 0.474. The van der Waals surface area contributed by atoms with Crippen LogP contribution in [-0.4, -0.2) is 43.1 Å². The minimum Gasteiger partial charge on any atom is -0.447 e. The quantitative estimate of drug-likeness (QED) is 0.677. The second kappa shape index (κ2) is 8.22. The second-order valence-electron chi connectivity index (χ2n) is 7.28. The first-order chi connectivity index (χ1) is 13.8. The molecule has 0 spiro atoms. The molecule has 2 aromatic rings. The molecule has 0 bridgehead atoms. The summed E-state index contributed by atoms with van der Waals surface area (Å²) < 4.78 is 35.6. The van der Waals surface area contributed by atoms with E-state index < -0.39 is 16.1 Å². The molecule has 2 unspecified atom stereocenters. The smallest absolute Gasteiger partial charge is 0.407 e. The van der Waals surface area contributed by atoms with Gasteiger partial charge < -0.3 is 15.4 Å². The van der Waals surface area contributed by atoms with E-state index in [4.69, 9.17) is 6.11 Å². The molecule has 1 aliphatic carbocycles. The highest BCUT2D eigenvalue weighted by Gasteiger charge is 2.28. The van der Waals surface area contributed by atoms with Crippen LogP contribution in [0.1, 0.15) is 46.1 Å². The lowest BCUT2D eigenvalue weighted by Gasteiger charge is -2.14. The van der Waals surface area contributed by atoms with Crippen molar-refractivity contribution in [3.8, 4) is 0 Å². The van der Waals surface area contributed by atoms with Crippen molar-refractivity contribution in [3.05, 3.63) is 36.0 Å². The number of hydrogen-bond donors (Lipinski definition) is 3. The van der Waals surface area contributed by atoms with E-state index in [1.807, 2.05) is 19.9 Å². The van der Waals surface area contributed by atoms with Gasteiger partial charge in [-0.15, -0.1) is 0 Å². The normalized spacial score (nSPS) is 20.0. The first kappa shape index (κ1) is 18.8. The predicted octanol–water partition coefficient (Wildman–Crippen LogP) is 3.33. The summed E-state index contributed by atoms with van der Waals surface area (Å²) in [5.74, 6) is 0.902. The Hall–Kier alpha value is -2.55. The van der Waals surface area contributed by atoms with Gasteiger partial charge in [-0.2, -0.15) is 5.10 Å². The van der Waals surface area contributed by atoms with Crippen LogP contribution in [0.5, 0.6) is 0 Å². The molecule has 1 aliphatic rings. The van der Waals surface area contributed by atoms with Crippen molar-refractivity contribution < 1.29 is 19.3 Å². The van der Waals surface area contributed by atoms with Gasteiger partial charge in [0.2, 0.25) is 0 Å². The van der Waals surface area contributed by atoms with Gasteiger partial charge in [0, 0.05) is 37.0 Å². The van der Waals surface area contributed by atoms with Gasteiger partial charge >= 0.3 is 6.09 Å². The number of sulfone groups is 1. The molecule has 2 atom stereocenters. The highest BCUT2D eigenvalue weighted by atomic mass is 32.2. The number of carbonyl (C=O) groups is 1. The van der Waals surface area contributed by atoms with E-state index >= 15 is 0 Å². The molecule has 3 N–H and O–H groups in total. The minimum atomic E-state index is -3.54. The van der Waals surface area contributed by atoms with E-state index in [0.29, 0.717) is 11.5 Å². The highest BCUT2D eigenvalue weighted by Crippen LogP contribution is 2.34. The number of benzene rings is 1. The summed E-state index contributed by atoms with van der Waals surface area (Å²) in [4.78, 5) is 11.9. The Morgan fingerprint density at radius 1 is 1.32 bits per heavy atom. The molecule has 28 heavy (non-hydrogen) atoms. The van der Waals surface area contributed by atoms with Gasteiger partial charge in [-0.05, 0) is 57.4 Å². The maximum absolute atomic E-state index is 11.8. The van der Waals surface area contributed by atoms with Gasteiger partial charge in [0.15, 0.2) is 15.7 Å². The van der Waals surface area contributed by atoms with Crippen molar-refractivity contribution in [1.29, 1.82) is 0 Å². The van der Waals surface area contributed by atoms with Gasteiger partial charge in [-0.1, -0.05) is 0 Å². The summed E-state index contributed by atoms with van der Waals surface area (Å²) in [6.45, 7) is 3.64. The number of H-pyrrole nitrogens is 1. The van der Waals surface area contributed by atoms with Crippen LogP contribution in [0.3, 0.4) is 0 Å². The van der Waals surface area contributed by atoms with E-state index in [0.717, 1.165) is 25.0 Å². The molecular formula is C19H26N4O4S. The van der Waals surface area contributed by atoms with Gasteiger partial charge in [-0.25, -0.2) is 13.2 Å². The third-order valence-corrected chi connectivity index (χ3v) is 5.61. The number of hydrogen-bond acceptors (Lipinski definition) is 6. The fourth-order valence-electron chi connectivity index (χ4n) is 3.31. The Balaban J connectivity index is 1.57. The Labute approximate surface area is 166 Å². The summed E-state index contributed by atoms with van der Waals surface area (Å²) in [6.07, 6.45) is 1.44. The Morgan fingerprint density at radius 3 is 2.75 bits per heavy atom. The number of anilines is 2. The first-order valence-corrected chi connectivity index (χ1v) is 10.8. The number of aromatic amines is 1. The zero-order valence-corrected chi connectivity index (χ0v) is 16.8. The highest BCUT2D eigenvalue weighted by molar-refractivity contribution is 7.90. The zero-order chi connectivity index (χ0) is 21.0. The average Bonchev–Trinajstić information content (AvgIpc) is 3.31. The van der Waals surface area contributed by atoms with E-state index in [1.165, 1.54) is 12.1 Å². The van der Waals surface area contributed by atoms with Crippen LogP contribution in [0, 0.1) is 0 Å². The lowest BCUT2D eigenvalue weighted by Crippen LogP contribution is -2.34. The number of amides is 1. The van der Waals surface area contributed by atoms with Crippen LogP contribution in [0.2, 0.25) is 0 Å². The SMILES string of the molecule is [2H]CS(=O)(=O)c1ccc(Nc2cc(C3CCC(NC(=O)OC(C)C)C3)[nH]n2)cc1. The molecule has 1 heterocycles. The third kappa shape index (κ3) is 5.25. The molecular weight excluding hydrogens is 380 g/mol. The number of rotatable bonds is 6. The lowest BCUT2D eigenvalue weighted by atomic mass is 10.0. The van der Waals surface area contributed by atoms with Gasteiger partial charge in [0.25, 0.3) is 0 Å². The molecule has 152 valence electrons. The van der Waals surface area contributed by atoms with Crippen LogP contribution < -0.4 is 10.6 Å². The molecule has 8 nitrogen and oxygen atoms in total. The van der Waals surface area contributed by atoms with Crippen LogP contribution in [0.4, 0.5) is 16.3 Å². The fourth-order valence-corrected chi connectivity index (χ4v) is 3.86. The Kier molecular flexibility index (Phi) is 5.52. The summed E-state index contributed by atoms with van der Waals surface area (Å²) >= 11 is 0. The lowest BCUT2D eigenvalue weighted by molar-refractivity contribution is 0.112. The van der Waals surface area contributed by atoms with E-state index in [-0.39, 0.29) is 29.1 Å². The molecule has 1 aromatic heterocycles. The topological polar surface area (TPSA) is 113 Å². The molecule has 0 saturated heterocycles. The Bertz CT molecular complexity index is 943. The van der Waals surface area contributed by atoms with Gasteiger partial charge in [-0.3, -0.25) is 5.10 Å². The maximum atomic E-state index is 11.8. The first-order valence-electron chi connectivity index (χ1n) is 9.89. The molecule has 3 rings (SSSR count). The van der Waals surface area contributed by atoms with E-state index in [1.54, 1.807) is 12.1 Å². The molecule has 9 heteroatoms. The van der Waals surface area contributed by atoms with Gasteiger partial charge in [0.05, 0.1) is 11.0 Å². The number of alkyl carbamates (subject to hydrolysis) is 1. The summed E-state index contributed by atoms with van der Waals surface area (Å²) in [7, 11) is -3.54. The summed E-state index contributed by atoms with van der Waals surface area (Å²) in [5.41, 5.74) is 1.69. The van der Waals surface area contributed by atoms with Crippen molar-refractivity contribution in [2.75, 3.05) is 11.5 Å². The minimum absolute atomic E-state index is 0.0810. The van der Waals surface area contributed by atoms with E-state index in [9.17, 15) is 13.2 Å². The molecule has 1 saturated carbocycles. The molecule has 0 radical (unpaired) electrons. The number of nitrogens with zero attached hydrogens (tertiary/aromatic N) is 1. The largest absolute Gasteiger partial charge is 0.447 e. The van der Waals surface area contributed by atoms with Gasteiger partial charge in [0.1, 0.15) is 0 Å². The monoisotopic (exact) mass is 407 g/mol. The van der Waals surface area contributed by atoms with Crippen LogP contribution in [0.25, 0.3) is 0 Å². The Morgan fingerprint density at radius 2 is 2.07 bits per heavy atom. The number of aromatic nitrogens is 2. The van der Waals surface area contributed by atoms with Crippen molar-refractivity contribution >= 4 is 27.4 Å². The number of carbonyl (C=O) groups excluding carboxylic acids is 1. The van der Waals surface area contributed by atoms with E-state index in [2.05, 4.69) is 20.8 Å². The molecule has 1 aromatic carbocycles. The maximum Gasteiger partial charge on any atom is 0.407 e. The van der Waals surface area contributed by atoms with Crippen molar-refractivity contribution in [1.82, 2.24) is 15.5 Å². The second-order valence-corrected chi connectivity index (χ2v) is 8.98. The molecule has 1 fully saturated rings. The van der Waals surface area contributed by atoms with Crippen LogP contribution in [0.15, 0.2) is 35.2 Å². The number of nitrogens with one attached hydrogen (secondary N) is 3. The average molecular weight is 408 g/mol. The predicted molar refractivity (Wildman–Crippen MR) is 107 cm³/mol.